The van der Waals surface area contributed by atoms with Crippen LogP contribution in [0.2, 0.25) is 0 Å². The second-order valence-electron chi connectivity index (χ2n) is 6.75. The van der Waals surface area contributed by atoms with E-state index in [0.717, 1.165) is 44.0 Å². The molecule has 0 saturated carbocycles. The van der Waals surface area contributed by atoms with E-state index in [2.05, 4.69) is 9.80 Å². The summed E-state index contributed by atoms with van der Waals surface area (Å²) in [4.78, 5) is 4.21. The third-order valence-electron chi connectivity index (χ3n) is 4.64. The summed E-state index contributed by atoms with van der Waals surface area (Å²) in [7, 11) is 0. The second kappa shape index (κ2) is 10.1. The SMILES string of the molecule is Cl.OC(COc1cccc(C(F)(F)F)c1)CN1CCN(c2ccc(F)cc2)CC1. The second-order valence-corrected chi connectivity index (χ2v) is 6.75. The molecule has 0 radical (unpaired) electrons. The summed E-state index contributed by atoms with van der Waals surface area (Å²) < 4.78 is 56.5. The van der Waals surface area contributed by atoms with Crippen LogP contribution in [0.3, 0.4) is 0 Å². The summed E-state index contributed by atoms with van der Waals surface area (Å²) in [5.74, 6) is -0.193. The molecule has 1 aliphatic rings. The number of aliphatic hydroxyl groups excluding tert-OH is 1. The van der Waals surface area contributed by atoms with Crippen molar-refractivity contribution in [1.29, 1.82) is 0 Å². The maximum atomic E-state index is 13.0. The van der Waals surface area contributed by atoms with Crippen molar-refractivity contribution in [2.24, 2.45) is 0 Å². The predicted octanol–water partition coefficient (Wildman–Crippen LogP) is 3.83. The van der Waals surface area contributed by atoms with Crippen LogP contribution in [0.5, 0.6) is 5.75 Å². The number of hydrogen-bond donors (Lipinski definition) is 1. The molecule has 1 saturated heterocycles. The number of β-amino-alcohol motifs (C(OH)–C–C–N with tert-alkyl or cyclic N) is 1. The number of anilines is 1. The van der Waals surface area contributed by atoms with Crippen LogP contribution in [0.4, 0.5) is 23.2 Å². The fraction of sp³-hybridized carbons (Fsp3) is 0.400. The molecule has 9 heteroatoms. The van der Waals surface area contributed by atoms with Crippen molar-refractivity contribution >= 4 is 18.1 Å². The number of rotatable bonds is 6. The number of halogens is 5. The number of aliphatic hydroxyl groups is 1. The Balaban J connectivity index is 0.00000300. The van der Waals surface area contributed by atoms with Crippen molar-refractivity contribution in [3.8, 4) is 5.75 Å². The Bertz CT molecular complexity index is 766. The molecular formula is C20H23ClF4N2O2. The first kappa shape index (κ1) is 23.3. The van der Waals surface area contributed by atoms with E-state index < -0.39 is 17.8 Å². The minimum atomic E-state index is -4.43. The summed E-state index contributed by atoms with van der Waals surface area (Å²) in [5, 5.41) is 10.2. The summed E-state index contributed by atoms with van der Waals surface area (Å²) in [5.41, 5.74) is 0.172. The Labute approximate surface area is 173 Å². The molecule has 2 aromatic rings. The summed E-state index contributed by atoms with van der Waals surface area (Å²) in [6.07, 6.45) is -5.24. The average Bonchev–Trinajstić information content (AvgIpc) is 2.67. The minimum absolute atomic E-state index is 0. The highest BCUT2D eigenvalue weighted by atomic mass is 35.5. The number of hydrogen-bond acceptors (Lipinski definition) is 4. The van der Waals surface area contributed by atoms with Gasteiger partial charge in [0.2, 0.25) is 0 Å². The van der Waals surface area contributed by atoms with E-state index in [0.29, 0.717) is 6.54 Å². The zero-order chi connectivity index (χ0) is 20.1. The third-order valence-corrected chi connectivity index (χ3v) is 4.64. The van der Waals surface area contributed by atoms with Crippen molar-refractivity contribution in [3.05, 3.63) is 59.9 Å². The van der Waals surface area contributed by atoms with Gasteiger partial charge in [-0.3, -0.25) is 4.90 Å². The van der Waals surface area contributed by atoms with Crippen molar-refractivity contribution in [2.45, 2.75) is 12.3 Å². The Hall–Kier alpha value is -2.03. The molecule has 1 atom stereocenters. The Morgan fingerprint density at radius 1 is 1.00 bits per heavy atom. The lowest BCUT2D eigenvalue weighted by atomic mass is 10.2. The van der Waals surface area contributed by atoms with E-state index in [1.807, 2.05) is 0 Å². The van der Waals surface area contributed by atoms with Crippen molar-refractivity contribution in [1.82, 2.24) is 4.90 Å². The topological polar surface area (TPSA) is 35.9 Å². The van der Waals surface area contributed by atoms with Crippen LogP contribution in [-0.4, -0.2) is 55.4 Å². The van der Waals surface area contributed by atoms with Gasteiger partial charge in [0.25, 0.3) is 0 Å². The predicted molar refractivity (Wildman–Crippen MR) is 105 cm³/mol. The maximum Gasteiger partial charge on any atom is 0.416 e. The van der Waals surface area contributed by atoms with E-state index in [9.17, 15) is 22.7 Å². The third kappa shape index (κ3) is 6.76. The van der Waals surface area contributed by atoms with Crippen LogP contribution in [0, 0.1) is 5.82 Å². The molecule has 1 unspecified atom stereocenters. The van der Waals surface area contributed by atoms with E-state index in [4.69, 9.17) is 4.74 Å². The fourth-order valence-electron chi connectivity index (χ4n) is 3.15. The Morgan fingerprint density at radius 3 is 2.28 bits per heavy atom. The zero-order valence-corrected chi connectivity index (χ0v) is 16.4. The van der Waals surface area contributed by atoms with Gasteiger partial charge in [0.05, 0.1) is 5.56 Å². The first-order valence-electron chi connectivity index (χ1n) is 9.02. The molecule has 1 heterocycles. The molecule has 3 rings (SSSR count). The van der Waals surface area contributed by atoms with E-state index >= 15 is 0 Å². The molecule has 0 amide bonds. The van der Waals surface area contributed by atoms with Gasteiger partial charge in [-0.25, -0.2) is 4.39 Å². The minimum Gasteiger partial charge on any atom is -0.491 e. The summed E-state index contributed by atoms with van der Waals surface area (Å²) in [6.45, 7) is 3.21. The van der Waals surface area contributed by atoms with Crippen molar-refractivity contribution in [3.63, 3.8) is 0 Å². The van der Waals surface area contributed by atoms with Crippen LogP contribution in [0.1, 0.15) is 5.56 Å². The van der Waals surface area contributed by atoms with Gasteiger partial charge < -0.3 is 14.7 Å². The quantitative estimate of drug-likeness (QED) is 0.701. The fourth-order valence-corrected chi connectivity index (χ4v) is 3.15. The van der Waals surface area contributed by atoms with Crippen LogP contribution >= 0.6 is 12.4 Å². The summed E-state index contributed by atoms with van der Waals surface area (Å²) in [6, 6.07) is 10.9. The van der Waals surface area contributed by atoms with Crippen molar-refractivity contribution < 1.29 is 27.4 Å². The number of alkyl halides is 3. The molecule has 2 aromatic carbocycles. The van der Waals surface area contributed by atoms with Gasteiger partial charge in [-0.15, -0.1) is 12.4 Å². The van der Waals surface area contributed by atoms with Gasteiger partial charge in [-0.1, -0.05) is 6.07 Å². The summed E-state index contributed by atoms with van der Waals surface area (Å²) >= 11 is 0. The molecule has 1 aliphatic heterocycles. The van der Waals surface area contributed by atoms with Gasteiger partial charge in [-0.05, 0) is 42.5 Å². The molecule has 4 nitrogen and oxygen atoms in total. The largest absolute Gasteiger partial charge is 0.491 e. The number of piperazine rings is 1. The molecular weight excluding hydrogens is 412 g/mol. The molecule has 0 spiro atoms. The molecule has 0 aromatic heterocycles. The standard InChI is InChI=1S/C20H22F4N2O2.ClH/c21-16-4-6-17(7-5-16)26-10-8-25(9-11-26)13-18(27)14-28-19-3-1-2-15(12-19)20(22,23)24;/h1-7,12,18,27H,8-11,13-14H2;1H. The number of nitrogens with zero attached hydrogens (tertiary/aromatic N) is 2. The monoisotopic (exact) mass is 434 g/mol. The van der Waals surface area contributed by atoms with E-state index in [-0.39, 0.29) is 30.6 Å². The number of benzene rings is 2. The first-order chi connectivity index (χ1) is 13.3. The highest BCUT2D eigenvalue weighted by Gasteiger charge is 2.30. The smallest absolute Gasteiger partial charge is 0.416 e. The van der Waals surface area contributed by atoms with Gasteiger partial charge in [-0.2, -0.15) is 13.2 Å². The molecule has 0 bridgehead atoms. The Kier molecular flexibility index (Phi) is 8.13. The normalized spacial score (nSPS) is 16.2. The van der Waals surface area contributed by atoms with Gasteiger partial charge in [0.15, 0.2) is 0 Å². The number of ether oxygens (including phenoxy) is 1. The van der Waals surface area contributed by atoms with Gasteiger partial charge in [0, 0.05) is 38.4 Å². The average molecular weight is 435 g/mol. The molecule has 160 valence electrons. The van der Waals surface area contributed by atoms with Crippen molar-refractivity contribution in [2.75, 3.05) is 44.2 Å². The zero-order valence-electron chi connectivity index (χ0n) is 15.6. The lowest BCUT2D eigenvalue weighted by Crippen LogP contribution is -2.49. The molecule has 29 heavy (non-hydrogen) atoms. The lowest BCUT2D eigenvalue weighted by Gasteiger charge is -2.36. The highest BCUT2D eigenvalue weighted by molar-refractivity contribution is 5.85. The van der Waals surface area contributed by atoms with E-state index in [1.54, 1.807) is 12.1 Å². The van der Waals surface area contributed by atoms with Crippen LogP contribution in [0.25, 0.3) is 0 Å². The molecule has 1 N–H and O–H groups in total. The maximum absolute atomic E-state index is 13.0. The van der Waals surface area contributed by atoms with Crippen LogP contribution in [-0.2, 0) is 6.18 Å². The van der Waals surface area contributed by atoms with Crippen LogP contribution < -0.4 is 9.64 Å². The van der Waals surface area contributed by atoms with E-state index in [1.165, 1.54) is 24.3 Å². The molecule has 1 fully saturated rings. The van der Waals surface area contributed by atoms with Crippen LogP contribution in [0.15, 0.2) is 48.5 Å². The molecule has 0 aliphatic carbocycles. The lowest BCUT2D eigenvalue weighted by molar-refractivity contribution is -0.137. The Morgan fingerprint density at radius 2 is 1.66 bits per heavy atom. The van der Waals surface area contributed by atoms with Gasteiger partial charge in [0.1, 0.15) is 24.3 Å². The highest BCUT2D eigenvalue weighted by Crippen LogP contribution is 2.31. The first-order valence-corrected chi connectivity index (χ1v) is 9.02. The van der Waals surface area contributed by atoms with Gasteiger partial charge >= 0.3 is 6.18 Å².